The Hall–Kier alpha value is -1.52. The quantitative estimate of drug-likeness (QED) is 0.735. The molecular formula is C13H20N2O3. The fraction of sp³-hybridized carbons (Fsp3) is 0.692. The molecule has 5 heteroatoms. The largest absolute Gasteiger partial charge is 0.480 e. The predicted molar refractivity (Wildman–Crippen MR) is 67.3 cm³/mol. The molecule has 2 rings (SSSR count). The molecule has 2 aliphatic rings. The smallest absolute Gasteiger partial charge is 0.329 e. The molecule has 1 saturated carbocycles. The zero-order valence-corrected chi connectivity index (χ0v) is 10.7. The zero-order valence-electron chi connectivity index (χ0n) is 10.7. The zero-order chi connectivity index (χ0) is 13.2. The van der Waals surface area contributed by atoms with Crippen LogP contribution in [-0.4, -0.2) is 40.6 Å². The number of rotatable bonds is 2. The van der Waals surface area contributed by atoms with Crippen molar-refractivity contribution in [3.8, 4) is 0 Å². The average molecular weight is 252 g/mol. The maximum absolute atomic E-state index is 12.1. The number of carboxylic acids is 1. The summed E-state index contributed by atoms with van der Waals surface area (Å²) in [6.45, 7) is 3.25. The summed E-state index contributed by atoms with van der Waals surface area (Å²) in [6.07, 6.45) is 5.77. The Balaban J connectivity index is 2.02. The highest BCUT2D eigenvalue weighted by atomic mass is 16.4. The van der Waals surface area contributed by atoms with Crippen LogP contribution in [0.5, 0.6) is 0 Å². The molecule has 2 amide bonds. The molecule has 1 heterocycles. The number of aliphatic carboxylic acids is 1. The van der Waals surface area contributed by atoms with E-state index < -0.39 is 11.5 Å². The number of hydrogen-bond donors (Lipinski definition) is 2. The second-order valence-corrected chi connectivity index (χ2v) is 5.29. The average Bonchev–Trinajstić information content (AvgIpc) is 2.79. The summed E-state index contributed by atoms with van der Waals surface area (Å²) in [5.41, 5.74) is 0.124. The third-order valence-electron chi connectivity index (χ3n) is 3.83. The van der Waals surface area contributed by atoms with E-state index in [1.54, 1.807) is 4.90 Å². The molecule has 0 aromatic carbocycles. The first-order valence-electron chi connectivity index (χ1n) is 6.50. The van der Waals surface area contributed by atoms with E-state index >= 15 is 0 Å². The third-order valence-corrected chi connectivity index (χ3v) is 3.83. The van der Waals surface area contributed by atoms with Crippen molar-refractivity contribution in [2.75, 3.05) is 13.1 Å². The maximum Gasteiger partial charge on any atom is 0.329 e. The monoisotopic (exact) mass is 252 g/mol. The molecular weight excluding hydrogens is 232 g/mol. The molecule has 2 N–H and O–H groups in total. The van der Waals surface area contributed by atoms with Crippen LogP contribution in [0.15, 0.2) is 11.6 Å². The van der Waals surface area contributed by atoms with Gasteiger partial charge in [-0.1, -0.05) is 24.5 Å². The lowest BCUT2D eigenvalue weighted by molar-refractivity contribution is -0.144. The van der Waals surface area contributed by atoms with Gasteiger partial charge in [-0.15, -0.1) is 0 Å². The first kappa shape index (κ1) is 12.9. The molecule has 0 radical (unpaired) electrons. The van der Waals surface area contributed by atoms with Gasteiger partial charge < -0.3 is 15.3 Å². The molecule has 0 aromatic heterocycles. The van der Waals surface area contributed by atoms with E-state index in [0.29, 0.717) is 25.9 Å². The number of carbonyl (C=O) groups is 2. The van der Waals surface area contributed by atoms with Crippen LogP contribution in [0.1, 0.15) is 39.0 Å². The fourth-order valence-corrected chi connectivity index (χ4v) is 2.74. The van der Waals surface area contributed by atoms with E-state index in [9.17, 15) is 14.7 Å². The van der Waals surface area contributed by atoms with Crippen molar-refractivity contribution in [2.24, 2.45) is 0 Å². The van der Waals surface area contributed by atoms with Gasteiger partial charge in [-0.3, -0.25) is 0 Å². The van der Waals surface area contributed by atoms with Crippen molar-refractivity contribution < 1.29 is 14.7 Å². The summed E-state index contributed by atoms with van der Waals surface area (Å²) < 4.78 is 0. The molecule has 0 spiro atoms. The Kier molecular flexibility index (Phi) is 3.59. The number of amides is 2. The van der Waals surface area contributed by atoms with E-state index in [1.807, 2.05) is 6.92 Å². The number of nitrogens with one attached hydrogen (secondary N) is 1. The second kappa shape index (κ2) is 5.00. The van der Waals surface area contributed by atoms with Crippen LogP contribution in [0.3, 0.4) is 0 Å². The molecule has 1 fully saturated rings. The number of nitrogens with zero attached hydrogens (tertiary/aromatic N) is 1. The summed E-state index contributed by atoms with van der Waals surface area (Å²) in [4.78, 5) is 25.2. The van der Waals surface area contributed by atoms with Crippen LogP contribution in [0.2, 0.25) is 0 Å². The molecule has 0 atom stereocenters. The van der Waals surface area contributed by atoms with Gasteiger partial charge in [-0.25, -0.2) is 9.59 Å². The number of urea groups is 1. The molecule has 1 aliphatic carbocycles. The summed E-state index contributed by atoms with van der Waals surface area (Å²) in [5, 5.41) is 12.1. The standard InChI is InChI=1S/C13H20N2O3/c1-10-5-4-8-15(9-10)12(18)14-13(11(16)17)6-2-3-7-13/h5H,2-4,6-9H2,1H3,(H,14,18)(H,16,17). The Labute approximate surface area is 107 Å². The molecule has 0 saturated heterocycles. The SMILES string of the molecule is CC1=CCCN(C(=O)NC2(C(=O)O)CCCC2)C1. The summed E-state index contributed by atoms with van der Waals surface area (Å²) in [6, 6.07) is -0.244. The molecule has 100 valence electrons. The lowest BCUT2D eigenvalue weighted by Crippen LogP contribution is -2.57. The third kappa shape index (κ3) is 2.49. The minimum Gasteiger partial charge on any atom is -0.480 e. The first-order chi connectivity index (χ1) is 8.53. The molecule has 0 unspecified atom stereocenters. The Bertz CT molecular complexity index is 384. The molecule has 5 nitrogen and oxygen atoms in total. The maximum atomic E-state index is 12.1. The molecule has 0 bridgehead atoms. The van der Waals surface area contributed by atoms with Gasteiger partial charge in [0, 0.05) is 13.1 Å². The van der Waals surface area contributed by atoms with Gasteiger partial charge in [0.15, 0.2) is 0 Å². The molecule has 1 aliphatic heterocycles. The number of carboxylic acid groups (broad SMARTS) is 1. The van der Waals surface area contributed by atoms with Crippen LogP contribution < -0.4 is 5.32 Å². The van der Waals surface area contributed by atoms with Crippen molar-refractivity contribution >= 4 is 12.0 Å². The minimum atomic E-state index is -1.04. The lowest BCUT2D eigenvalue weighted by atomic mass is 9.98. The summed E-state index contributed by atoms with van der Waals surface area (Å²) in [5.74, 6) is -0.905. The number of hydrogen-bond acceptors (Lipinski definition) is 2. The van der Waals surface area contributed by atoms with Crippen molar-refractivity contribution in [1.29, 1.82) is 0 Å². The highest BCUT2D eigenvalue weighted by Gasteiger charge is 2.43. The normalized spacial score (nSPS) is 22.5. The Morgan fingerprint density at radius 1 is 1.39 bits per heavy atom. The van der Waals surface area contributed by atoms with Crippen molar-refractivity contribution in [3.05, 3.63) is 11.6 Å². The molecule has 0 aromatic rings. The van der Waals surface area contributed by atoms with Gasteiger partial charge in [0.2, 0.25) is 0 Å². The topological polar surface area (TPSA) is 69.6 Å². The van der Waals surface area contributed by atoms with Gasteiger partial charge in [-0.2, -0.15) is 0 Å². The Morgan fingerprint density at radius 2 is 2.06 bits per heavy atom. The first-order valence-corrected chi connectivity index (χ1v) is 6.50. The van der Waals surface area contributed by atoms with Crippen LogP contribution >= 0.6 is 0 Å². The van der Waals surface area contributed by atoms with Crippen LogP contribution in [0.4, 0.5) is 4.79 Å². The van der Waals surface area contributed by atoms with E-state index in [0.717, 1.165) is 24.8 Å². The highest BCUT2D eigenvalue weighted by Crippen LogP contribution is 2.30. The van der Waals surface area contributed by atoms with E-state index in [1.165, 1.54) is 0 Å². The lowest BCUT2D eigenvalue weighted by Gasteiger charge is -2.32. The second-order valence-electron chi connectivity index (χ2n) is 5.29. The fourth-order valence-electron chi connectivity index (χ4n) is 2.74. The van der Waals surface area contributed by atoms with Crippen LogP contribution in [-0.2, 0) is 4.79 Å². The van der Waals surface area contributed by atoms with Crippen LogP contribution in [0.25, 0.3) is 0 Å². The summed E-state index contributed by atoms with van der Waals surface area (Å²) in [7, 11) is 0. The minimum absolute atomic E-state index is 0.244. The Morgan fingerprint density at radius 3 is 2.61 bits per heavy atom. The van der Waals surface area contributed by atoms with Crippen molar-refractivity contribution in [1.82, 2.24) is 10.2 Å². The number of carbonyl (C=O) groups excluding carboxylic acids is 1. The van der Waals surface area contributed by atoms with E-state index in [2.05, 4.69) is 11.4 Å². The van der Waals surface area contributed by atoms with E-state index in [-0.39, 0.29) is 6.03 Å². The predicted octanol–water partition coefficient (Wildman–Crippen LogP) is 1.75. The summed E-state index contributed by atoms with van der Waals surface area (Å²) >= 11 is 0. The van der Waals surface area contributed by atoms with Crippen LogP contribution in [0, 0.1) is 0 Å². The van der Waals surface area contributed by atoms with Gasteiger partial charge in [-0.05, 0) is 26.2 Å². The van der Waals surface area contributed by atoms with Crippen molar-refractivity contribution in [3.63, 3.8) is 0 Å². The van der Waals surface area contributed by atoms with Gasteiger partial charge >= 0.3 is 12.0 Å². The van der Waals surface area contributed by atoms with Gasteiger partial charge in [0.05, 0.1) is 0 Å². The van der Waals surface area contributed by atoms with Crippen molar-refractivity contribution in [2.45, 2.75) is 44.6 Å². The van der Waals surface area contributed by atoms with Gasteiger partial charge in [0.25, 0.3) is 0 Å². The molecule has 18 heavy (non-hydrogen) atoms. The van der Waals surface area contributed by atoms with E-state index in [4.69, 9.17) is 0 Å². The van der Waals surface area contributed by atoms with Gasteiger partial charge in [0.1, 0.15) is 5.54 Å². The highest BCUT2D eigenvalue weighted by molar-refractivity contribution is 5.86.